The zero-order valence-electron chi connectivity index (χ0n) is 7.64. The van der Waals surface area contributed by atoms with E-state index in [1.807, 2.05) is 0 Å². The highest BCUT2D eigenvalue weighted by atomic mass is 19.1. The molecule has 0 bridgehead atoms. The highest BCUT2D eigenvalue weighted by molar-refractivity contribution is 5.77. The van der Waals surface area contributed by atoms with Gasteiger partial charge in [-0.3, -0.25) is 4.79 Å². The van der Waals surface area contributed by atoms with Crippen molar-refractivity contribution in [1.29, 1.82) is 0 Å². The SMILES string of the molecule is COc1cc(C=O)c(F)c(OC)c1F. The number of ether oxygens (including phenoxy) is 2. The molecule has 0 aliphatic heterocycles. The molecule has 0 aliphatic carbocycles. The molecule has 0 radical (unpaired) electrons. The maximum absolute atomic E-state index is 13.2. The van der Waals surface area contributed by atoms with E-state index in [2.05, 4.69) is 9.47 Å². The molecule has 14 heavy (non-hydrogen) atoms. The van der Waals surface area contributed by atoms with E-state index in [9.17, 15) is 13.6 Å². The van der Waals surface area contributed by atoms with Crippen LogP contribution in [0, 0.1) is 11.6 Å². The van der Waals surface area contributed by atoms with E-state index in [-0.39, 0.29) is 17.6 Å². The van der Waals surface area contributed by atoms with Gasteiger partial charge in [-0.25, -0.2) is 4.39 Å². The van der Waals surface area contributed by atoms with Crippen molar-refractivity contribution in [2.75, 3.05) is 14.2 Å². The Morgan fingerprint density at radius 2 is 1.86 bits per heavy atom. The van der Waals surface area contributed by atoms with Gasteiger partial charge < -0.3 is 9.47 Å². The van der Waals surface area contributed by atoms with E-state index in [0.717, 1.165) is 13.2 Å². The Hall–Kier alpha value is -1.65. The van der Waals surface area contributed by atoms with Crippen LogP contribution in [0.5, 0.6) is 11.5 Å². The second-order valence-corrected chi connectivity index (χ2v) is 2.45. The van der Waals surface area contributed by atoms with Crippen LogP contribution in [-0.2, 0) is 0 Å². The van der Waals surface area contributed by atoms with Crippen LogP contribution >= 0.6 is 0 Å². The number of carbonyl (C=O) groups excluding carboxylic acids is 1. The number of rotatable bonds is 3. The second-order valence-electron chi connectivity index (χ2n) is 2.45. The molecule has 3 nitrogen and oxygen atoms in total. The van der Waals surface area contributed by atoms with Gasteiger partial charge in [-0.05, 0) is 6.07 Å². The van der Waals surface area contributed by atoms with Gasteiger partial charge in [0.1, 0.15) is 0 Å². The van der Waals surface area contributed by atoms with Gasteiger partial charge in [0.05, 0.1) is 19.8 Å². The summed E-state index contributed by atoms with van der Waals surface area (Å²) in [5.74, 6) is -2.84. The molecule has 0 saturated carbocycles. The first kappa shape index (κ1) is 10.4. The largest absolute Gasteiger partial charge is 0.494 e. The van der Waals surface area contributed by atoms with E-state index in [1.165, 1.54) is 7.11 Å². The highest BCUT2D eigenvalue weighted by Crippen LogP contribution is 2.31. The van der Waals surface area contributed by atoms with Crippen LogP contribution in [0.4, 0.5) is 8.78 Å². The van der Waals surface area contributed by atoms with E-state index in [0.29, 0.717) is 0 Å². The molecule has 1 aromatic rings. The predicted octanol–water partition coefficient (Wildman–Crippen LogP) is 1.79. The lowest BCUT2D eigenvalue weighted by Crippen LogP contribution is -2.00. The zero-order valence-corrected chi connectivity index (χ0v) is 7.64. The maximum Gasteiger partial charge on any atom is 0.209 e. The molecule has 0 unspecified atom stereocenters. The number of carbonyl (C=O) groups is 1. The first-order chi connectivity index (χ1) is 6.65. The van der Waals surface area contributed by atoms with E-state index in [1.54, 1.807) is 0 Å². The van der Waals surface area contributed by atoms with Crippen LogP contribution in [0.3, 0.4) is 0 Å². The van der Waals surface area contributed by atoms with Crippen molar-refractivity contribution in [3.05, 3.63) is 23.3 Å². The molecule has 0 atom stereocenters. The second kappa shape index (κ2) is 4.04. The number of aldehydes is 1. The molecule has 1 aromatic carbocycles. The van der Waals surface area contributed by atoms with Crippen molar-refractivity contribution >= 4 is 6.29 Å². The van der Waals surface area contributed by atoms with Crippen molar-refractivity contribution in [3.63, 3.8) is 0 Å². The van der Waals surface area contributed by atoms with Gasteiger partial charge in [-0.1, -0.05) is 0 Å². The van der Waals surface area contributed by atoms with E-state index >= 15 is 0 Å². The number of methoxy groups -OCH3 is 2. The Kier molecular flexibility index (Phi) is 3.01. The highest BCUT2D eigenvalue weighted by Gasteiger charge is 2.19. The van der Waals surface area contributed by atoms with Crippen molar-refractivity contribution < 1.29 is 23.0 Å². The first-order valence-electron chi connectivity index (χ1n) is 3.70. The summed E-state index contributed by atoms with van der Waals surface area (Å²) in [5.41, 5.74) is -0.305. The van der Waals surface area contributed by atoms with Gasteiger partial charge in [0, 0.05) is 0 Å². The van der Waals surface area contributed by atoms with Crippen LogP contribution in [0.15, 0.2) is 6.07 Å². The zero-order chi connectivity index (χ0) is 10.7. The van der Waals surface area contributed by atoms with Crippen LogP contribution in [0.1, 0.15) is 10.4 Å². The third kappa shape index (κ3) is 1.53. The normalized spacial score (nSPS) is 9.71. The van der Waals surface area contributed by atoms with Crippen molar-refractivity contribution in [1.82, 2.24) is 0 Å². The first-order valence-corrected chi connectivity index (χ1v) is 3.70. The summed E-state index contributed by atoms with van der Waals surface area (Å²) >= 11 is 0. The van der Waals surface area contributed by atoms with Gasteiger partial charge in [0.2, 0.25) is 5.82 Å². The number of halogens is 2. The molecule has 0 spiro atoms. The lowest BCUT2D eigenvalue weighted by molar-refractivity contribution is 0.111. The molecule has 76 valence electrons. The predicted molar refractivity (Wildman–Crippen MR) is 44.8 cm³/mol. The number of hydrogen-bond acceptors (Lipinski definition) is 3. The van der Waals surface area contributed by atoms with Crippen LogP contribution < -0.4 is 9.47 Å². The standard InChI is InChI=1S/C9H8F2O3/c1-13-6-3-5(4-12)7(10)9(14-2)8(6)11/h3-4H,1-2H3. The fraction of sp³-hybridized carbons (Fsp3) is 0.222. The van der Waals surface area contributed by atoms with Crippen molar-refractivity contribution in [2.45, 2.75) is 0 Å². The summed E-state index contributed by atoms with van der Waals surface area (Å²) in [6, 6.07) is 0.972. The van der Waals surface area contributed by atoms with Crippen molar-refractivity contribution in [3.8, 4) is 11.5 Å². The van der Waals surface area contributed by atoms with Crippen LogP contribution in [-0.4, -0.2) is 20.5 Å². The number of hydrogen-bond donors (Lipinski definition) is 0. The van der Waals surface area contributed by atoms with Crippen molar-refractivity contribution in [2.24, 2.45) is 0 Å². The summed E-state index contributed by atoms with van der Waals surface area (Å²) in [5, 5.41) is 0. The van der Waals surface area contributed by atoms with Crippen LogP contribution in [0.2, 0.25) is 0 Å². The van der Waals surface area contributed by atoms with E-state index in [4.69, 9.17) is 0 Å². The minimum Gasteiger partial charge on any atom is -0.494 e. The topological polar surface area (TPSA) is 35.5 Å². The van der Waals surface area contributed by atoms with Crippen LogP contribution in [0.25, 0.3) is 0 Å². The molecular formula is C9H8F2O3. The molecular weight excluding hydrogens is 194 g/mol. The Labute approximate surface area is 79.2 Å². The third-order valence-corrected chi connectivity index (χ3v) is 1.71. The molecule has 0 N–H and O–H groups in total. The Bertz CT molecular complexity index is 364. The summed E-state index contributed by atoms with van der Waals surface area (Å²) in [6.07, 6.45) is 0.264. The Morgan fingerprint density at radius 3 is 2.29 bits per heavy atom. The molecule has 0 aliphatic rings. The van der Waals surface area contributed by atoms with Gasteiger partial charge in [0.15, 0.2) is 23.6 Å². The average Bonchev–Trinajstić information content (AvgIpc) is 2.19. The lowest BCUT2D eigenvalue weighted by atomic mass is 10.2. The number of benzene rings is 1. The summed E-state index contributed by atoms with van der Waals surface area (Å²) in [7, 11) is 2.32. The lowest BCUT2D eigenvalue weighted by Gasteiger charge is -2.08. The van der Waals surface area contributed by atoms with Gasteiger partial charge >= 0.3 is 0 Å². The molecule has 5 heteroatoms. The summed E-state index contributed by atoms with van der Waals surface area (Å²) in [4.78, 5) is 10.4. The maximum atomic E-state index is 13.2. The molecule has 1 rings (SSSR count). The van der Waals surface area contributed by atoms with Gasteiger partial charge in [0.25, 0.3) is 0 Å². The molecule has 0 heterocycles. The average molecular weight is 202 g/mol. The summed E-state index contributed by atoms with van der Waals surface area (Å²) < 4.78 is 35.5. The third-order valence-electron chi connectivity index (χ3n) is 1.71. The quantitative estimate of drug-likeness (QED) is 0.701. The fourth-order valence-corrected chi connectivity index (χ4v) is 1.02. The molecule has 0 amide bonds. The Balaban J connectivity index is 3.46. The van der Waals surface area contributed by atoms with Gasteiger partial charge in [-0.2, -0.15) is 4.39 Å². The smallest absolute Gasteiger partial charge is 0.209 e. The Morgan fingerprint density at radius 1 is 1.21 bits per heavy atom. The molecule has 0 saturated heterocycles. The minimum atomic E-state index is -1.03. The minimum absolute atomic E-state index is 0.231. The monoisotopic (exact) mass is 202 g/mol. The molecule has 0 fully saturated rings. The fourth-order valence-electron chi connectivity index (χ4n) is 1.02. The molecule has 0 aromatic heterocycles. The van der Waals surface area contributed by atoms with Gasteiger partial charge in [-0.15, -0.1) is 0 Å². The van der Waals surface area contributed by atoms with E-state index < -0.39 is 17.4 Å². The summed E-state index contributed by atoms with van der Waals surface area (Å²) in [6.45, 7) is 0.